The number of hydrogen-bond acceptors (Lipinski definition) is 10. The van der Waals surface area contributed by atoms with Crippen molar-refractivity contribution in [1.82, 2.24) is 71.8 Å². The predicted molar refractivity (Wildman–Crippen MR) is 412 cm³/mol. The Balaban J connectivity index is 0.000000127. The minimum absolute atomic E-state index is 0.0455. The summed E-state index contributed by atoms with van der Waals surface area (Å²) in [6.45, 7) is 29.0. The topological polar surface area (TPSA) is 251 Å². The van der Waals surface area contributed by atoms with Crippen LogP contribution in [-0.2, 0) is 51.4 Å². The molecule has 0 aliphatic rings. The quantitative estimate of drug-likeness (QED) is 0.0649. The number of nitrogens with zero attached hydrogens (tertiary/aromatic N) is 10. The monoisotopic (exact) mass is 1400 g/mol. The lowest BCUT2D eigenvalue weighted by molar-refractivity contribution is 0.764. The second-order valence-electron chi connectivity index (χ2n) is 26.4. The van der Waals surface area contributed by atoms with Gasteiger partial charge in [0.1, 0.15) is 0 Å². The average Bonchev–Trinajstić information content (AvgIpc) is 1.66. The maximum Gasteiger partial charge on any atom is 0.262 e. The lowest BCUT2D eigenvalue weighted by Crippen LogP contribution is -2.22. The number of benzene rings is 5. The van der Waals surface area contributed by atoms with Crippen LogP contribution in [0.15, 0.2) is 121 Å². The van der Waals surface area contributed by atoms with E-state index >= 15 is 0 Å². The first-order valence-electron chi connectivity index (χ1n) is 35.7. The molecule has 5 aromatic carbocycles. The Hall–Kier alpha value is -9.92. The lowest BCUT2D eigenvalue weighted by Gasteiger charge is -2.12. The van der Waals surface area contributed by atoms with Crippen LogP contribution in [0.1, 0.15) is 194 Å². The molecule has 0 aliphatic carbocycles. The summed E-state index contributed by atoms with van der Waals surface area (Å²) in [4.78, 5) is 103. The molecule has 5 N–H and O–H groups in total. The fourth-order valence-corrected chi connectivity index (χ4v) is 14.0. The Kier molecular flexibility index (Phi) is 22.1. The molecule has 0 unspecified atom stereocenters. The summed E-state index contributed by atoms with van der Waals surface area (Å²) in [5.74, 6) is 3.62. The first kappa shape index (κ1) is 72.3. The van der Waals surface area contributed by atoms with E-state index in [2.05, 4.69) is 138 Å². The van der Waals surface area contributed by atoms with Gasteiger partial charge in [-0.2, -0.15) is 0 Å². The molecular weight excluding hydrogens is 1310 g/mol. The zero-order chi connectivity index (χ0) is 72.2. The molecule has 22 heteroatoms. The summed E-state index contributed by atoms with van der Waals surface area (Å²) in [5, 5.41) is 0.844. The zero-order valence-corrected chi connectivity index (χ0v) is 61.9. The molecule has 0 saturated heterocycles. The molecule has 101 heavy (non-hydrogen) atoms. The Morgan fingerprint density at radius 1 is 0.337 bits per heavy atom. The van der Waals surface area contributed by atoms with Gasteiger partial charge in [-0.1, -0.05) is 175 Å². The molecule has 15 aromatic rings. The number of para-hydroxylation sites is 6. The molecule has 526 valence electrons. The molecule has 0 saturated carbocycles. The van der Waals surface area contributed by atoms with Crippen molar-refractivity contribution in [2.75, 3.05) is 0 Å². The number of aromatic nitrogens is 15. The van der Waals surface area contributed by atoms with Crippen LogP contribution >= 0.6 is 23.2 Å². The Morgan fingerprint density at radius 3 is 1.04 bits per heavy atom. The molecule has 0 atom stereocenters. The van der Waals surface area contributed by atoms with Gasteiger partial charge >= 0.3 is 0 Å². The third kappa shape index (κ3) is 13.9. The molecule has 0 aliphatic heterocycles. The van der Waals surface area contributed by atoms with Crippen molar-refractivity contribution in [2.45, 2.75) is 192 Å². The van der Waals surface area contributed by atoms with Gasteiger partial charge in [0.25, 0.3) is 27.8 Å². The van der Waals surface area contributed by atoms with Gasteiger partial charge in [-0.15, -0.1) is 0 Å². The molecule has 0 fully saturated rings. The number of nitrogens with one attached hydrogen (secondary N) is 5. The van der Waals surface area contributed by atoms with E-state index in [1.807, 2.05) is 93.6 Å². The number of aryl methyl sites for hydroxylation is 5. The van der Waals surface area contributed by atoms with E-state index in [9.17, 15) is 24.0 Å². The average molecular weight is 1400 g/mol. The first-order chi connectivity index (χ1) is 48.6. The molecule has 10 heterocycles. The normalized spacial score (nSPS) is 11.7. The van der Waals surface area contributed by atoms with Crippen LogP contribution in [0.25, 0.3) is 84.1 Å². The van der Waals surface area contributed by atoms with E-state index in [1.54, 1.807) is 34.1 Å². The van der Waals surface area contributed by atoms with Crippen LogP contribution < -0.4 is 27.8 Å². The van der Waals surface area contributed by atoms with Crippen molar-refractivity contribution in [3.63, 3.8) is 0 Å². The Bertz CT molecular complexity index is 5910. The second kappa shape index (κ2) is 30.9. The van der Waals surface area contributed by atoms with Gasteiger partial charge in [-0.25, -0.2) is 46.9 Å². The van der Waals surface area contributed by atoms with E-state index < -0.39 is 0 Å². The fraction of sp³-hybridized carbons (Fsp3) is 0.367. The summed E-state index contributed by atoms with van der Waals surface area (Å²) >= 11 is 12.1. The summed E-state index contributed by atoms with van der Waals surface area (Å²) in [6.07, 6.45) is 11.4. The number of halogens is 2. The van der Waals surface area contributed by atoms with Gasteiger partial charge in [0.05, 0.1) is 65.2 Å². The van der Waals surface area contributed by atoms with Crippen LogP contribution in [0.2, 0.25) is 10.0 Å². The first-order valence-corrected chi connectivity index (χ1v) is 36.4. The molecule has 0 amide bonds. The van der Waals surface area contributed by atoms with E-state index in [0.717, 1.165) is 177 Å². The SMILES string of the molecule is CCCc1[nH]c2nc3cc(C)c(C)cc3n2c(=O)c1CC.CCCc1[nH]c2nc3ccccc3n2c(=O)c1CC.CCCc1[nH]c2nc3ccccc3n2c(=O)c1CCC.CCCc1c(C(C)C)[nH]c2nc3ccccc3n2c1=O.CCc1c(C(C)C)[nH]c2nc3cc(Cl)c(Cl)cc3n2c1=O. The van der Waals surface area contributed by atoms with Gasteiger partial charge in [0.2, 0.25) is 28.9 Å². The third-order valence-electron chi connectivity index (χ3n) is 18.7. The number of aromatic amines is 5. The number of fused-ring (bicyclic) bond motifs is 15. The Morgan fingerprint density at radius 2 is 0.634 bits per heavy atom. The molecule has 15 rings (SSSR count). The summed E-state index contributed by atoms with van der Waals surface area (Å²) < 4.78 is 8.39. The van der Waals surface area contributed by atoms with Crippen molar-refractivity contribution >= 4 is 107 Å². The summed E-state index contributed by atoms with van der Waals surface area (Å²) in [6, 6.07) is 30.7. The van der Waals surface area contributed by atoms with E-state index in [0.29, 0.717) is 56.4 Å². The predicted octanol–water partition coefficient (Wildman–Crippen LogP) is 16.5. The highest BCUT2D eigenvalue weighted by Crippen LogP contribution is 2.29. The van der Waals surface area contributed by atoms with E-state index in [-0.39, 0.29) is 39.6 Å². The van der Waals surface area contributed by atoms with Crippen molar-refractivity contribution in [3.05, 3.63) is 226 Å². The second-order valence-corrected chi connectivity index (χ2v) is 27.2. The number of imidazole rings is 5. The van der Waals surface area contributed by atoms with Crippen LogP contribution in [0, 0.1) is 13.8 Å². The van der Waals surface area contributed by atoms with E-state index in [1.165, 1.54) is 11.1 Å². The Labute approximate surface area is 594 Å². The molecule has 0 radical (unpaired) electrons. The summed E-state index contributed by atoms with van der Waals surface area (Å²) in [7, 11) is 0. The van der Waals surface area contributed by atoms with Gasteiger partial charge in [-0.3, -0.25) is 24.0 Å². The molecule has 0 spiro atoms. The van der Waals surface area contributed by atoms with Crippen LogP contribution in [0.5, 0.6) is 0 Å². The minimum Gasteiger partial charge on any atom is -0.328 e. The zero-order valence-electron chi connectivity index (χ0n) is 60.4. The number of H-pyrrole nitrogens is 5. The van der Waals surface area contributed by atoms with Crippen LogP contribution in [0.4, 0.5) is 0 Å². The maximum atomic E-state index is 12.8. The maximum absolute atomic E-state index is 12.8. The van der Waals surface area contributed by atoms with Crippen molar-refractivity contribution < 1.29 is 0 Å². The highest BCUT2D eigenvalue weighted by Gasteiger charge is 2.22. The highest BCUT2D eigenvalue weighted by molar-refractivity contribution is 6.42. The van der Waals surface area contributed by atoms with Gasteiger partial charge in [0.15, 0.2) is 0 Å². The number of rotatable bonds is 15. The largest absolute Gasteiger partial charge is 0.328 e. The fourth-order valence-electron chi connectivity index (χ4n) is 13.7. The minimum atomic E-state index is -0.0455. The molecule has 10 aromatic heterocycles. The molecule has 0 bridgehead atoms. The van der Waals surface area contributed by atoms with Crippen molar-refractivity contribution in [1.29, 1.82) is 0 Å². The smallest absolute Gasteiger partial charge is 0.262 e. The van der Waals surface area contributed by atoms with Crippen molar-refractivity contribution in [3.8, 4) is 0 Å². The lowest BCUT2D eigenvalue weighted by atomic mass is 10.0. The number of hydrogen-bond donors (Lipinski definition) is 5. The van der Waals surface area contributed by atoms with Gasteiger partial charge < -0.3 is 24.9 Å². The standard InChI is InChI=1S/C17H21N3O.2C16H19N3O.C15H15Cl2N3O.C15H17N3O/c1-5-7-13-12(6-2)16(21)20-15-9-11(4)10(3)8-14(15)19-17(20)18-13;1-4-7-11-14(10(2)3)18-16-17-12-8-5-6-9-13(12)19(16)15(11)20;1-3-7-11-12(8-4-2)17-16-18-13-9-5-6-10-14(13)19(16)15(11)20;1-4-8-13(7(2)3)19-15-18-11-5-9(16)10(17)6-12(11)20(15)14(8)21;1-3-7-11-10(4-2)14(19)18-13-9-6-5-8-12(13)17-15(18)16-11/h8-9H,5-7H2,1-4H3,(H,18,19);5-6,8-10H,4,7H2,1-3H3,(H,17,18);5-6,9-10H,3-4,7-8H2,1-2H3,(H,17,18);5-7H,4H2,1-3H3,(H,18,19);5-6,8-9H,3-4,7H2,1-2H3,(H,16,17). The van der Waals surface area contributed by atoms with Gasteiger partial charge in [0, 0.05) is 56.3 Å². The molecule has 20 nitrogen and oxygen atoms in total. The van der Waals surface area contributed by atoms with E-state index in [4.69, 9.17) is 23.2 Å². The van der Waals surface area contributed by atoms with Gasteiger partial charge in [-0.05, 0) is 149 Å². The third-order valence-corrected chi connectivity index (χ3v) is 19.4. The molecular formula is C79H91Cl2N15O5. The van der Waals surface area contributed by atoms with Crippen LogP contribution in [-0.4, -0.2) is 71.8 Å². The van der Waals surface area contributed by atoms with Crippen molar-refractivity contribution in [2.24, 2.45) is 0 Å². The highest BCUT2D eigenvalue weighted by atomic mass is 35.5. The van der Waals surface area contributed by atoms with Crippen LogP contribution in [0.3, 0.4) is 0 Å². The summed E-state index contributed by atoms with van der Waals surface area (Å²) in [5.41, 5.74) is 20.3.